The van der Waals surface area contributed by atoms with Gasteiger partial charge < -0.3 is 10.0 Å². The van der Waals surface area contributed by atoms with Gasteiger partial charge in [-0.1, -0.05) is 61.3 Å². The molecule has 0 fully saturated rings. The smallest absolute Gasteiger partial charge is 0.344 e. The molecule has 0 saturated carbocycles. The number of thioether (sulfide) groups is 1. The Kier molecular flexibility index (Phi) is 5.65. The Morgan fingerprint density at radius 1 is 1.07 bits per heavy atom. The van der Waals surface area contributed by atoms with Crippen LogP contribution in [0.25, 0.3) is 0 Å². The van der Waals surface area contributed by atoms with Crippen molar-refractivity contribution in [1.82, 2.24) is 4.90 Å². The van der Waals surface area contributed by atoms with E-state index in [9.17, 15) is 9.90 Å². The van der Waals surface area contributed by atoms with Crippen LogP contribution in [0.3, 0.4) is 0 Å². The number of carboxylic acid groups (broad SMARTS) is 1. The molecule has 2 unspecified atom stereocenters. The van der Waals surface area contributed by atoms with E-state index in [-0.39, 0.29) is 12.1 Å². The number of aliphatic imine (C=N–C) groups is 1. The molecule has 4 rings (SSSR count). The number of carboxylic acids is 1. The van der Waals surface area contributed by atoms with E-state index in [1.54, 1.807) is 0 Å². The average molecular weight is 447 g/mol. The summed E-state index contributed by atoms with van der Waals surface area (Å²) in [7, 11) is 0. The van der Waals surface area contributed by atoms with Crippen LogP contribution in [0.4, 0.5) is 0 Å². The molecule has 150 valence electrons. The van der Waals surface area contributed by atoms with Crippen molar-refractivity contribution < 1.29 is 9.90 Å². The molecule has 7 heteroatoms. The number of benzene rings is 2. The lowest BCUT2D eigenvalue weighted by Crippen LogP contribution is -2.27. The first-order valence-electron chi connectivity index (χ1n) is 9.37. The fourth-order valence-corrected chi connectivity index (χ4v) is 5.09. The summed E-state index contributed by atoms with van der Waals surface area (Å²) in [6, 6.07) is 15.1. The van der Waals surface area contributed by atoms with Gasteiger partial charge >= 0.3 is 5.97 Å². The Labute approximate surface area is 184 Å². The first kappa shape index (κ1) is 20.3. The lowest BCUT2D eigenvalue weighted by molar-refractivity contribution is -0.131. The first-order valence-corrected chi connectivity index (χ1v) is 10.9. The summed E-state index contributed by atoms with van der Waals surface area (Å²) >= 11 is 13.4. The van der Waals surface area contributed by atoms with Gasteiger partial charge in [-0.3, -0.25) is 4.99 Å². The molecule has 2 aliphatic heterocycles. The van der Waals surface area contributed by atoms with Gasteiger partial charge in [0.15, 0.2) is 5.17 Å². The van der Waals surface area contributed by atoms with Gasteiger partial charge in [0, 0.05) is 15.7 Å². The van der Waals surface area contributed by atoms with E-state index in [2.05, 4.69) is 18.7 Å². The number of hydrogen-bond donors (Lipinski definition) is 1. The Bertz CT molecular complexity index is 1000. The second-order valence-corrected chi connectivity index (χ2v) is 9.41. The summed E-state index contributed by atoms with van der Waals surface area (Å²) in [4.78, 5) is 19.3. The SMILES string of the molecule is CC(C)CC1=C(C(=O)O)SC2=NC(c3ccc(Cl)cc3)C(c3ccc(Cl)cc3)N21. The van der Waals surface area contributed by atoms with Crippen molar-refractivity contribution in [1.29, 1.82) is 0 Å². The van der Waals surface area contributed by atoms with Crippen molar-refractivity contribution in [2.75, 3.05) is 0 Å². The van der Waals surface area contributed by atoms with E-state index in [0.717, 1.165) is 22.0 Å². The van der Waals surface area contributed by atoms with Crippen molar-refractivity contribution in [3.05, 3.63) is 80.3 Å². The minimum absolute atomic E-state index is 0.137. The molecule has 29 heavy (non-hydrogen) atoms. The Morgan fingerprint density at radius 3 is 2.14 bits per heavy atom. The largest absolute Gasteiger partial charge is 0.477 e. The quantitative estimate of drug-likeness (QED) is 0.566. The second-order valence-electron chi connectivity index (χ2n) is 7.56. The molecule has 2 heterocycles. The number of nitrogens with zero attached hydrogens (tertiary/aromatic N) is 2. The van der Waals surface area contributed by atoms with E-state index in [4.69, 9.17) is 28.2 Å². The van der Waals surface area contributed by atoms with E-state index in [1.807, 2.05) is 48.5 Å². The van der Waals surface area contributed by atoms with Crippen LogP contribution in [-0.4, -0.2) is 21.1 Å². The van der Waals surface area contributed by atoms with Crippen molar-refractivity contribution >= 4 is 46.1 Å². The van der Waals surface area contributed by atoms with Crippen LogP contribution >= 0.6 is 35.0 Å². The predicted molar refractivity (Wildman–Crippen MR) is 119 cm³/mol. The Morgan fingerprint density at radius 2 is 1.62 bits per heavy atom. The van der Waals surface area contributed by atoms with Gasteiger partial charge in [-0.25, -0.2) is 4.79 Å². The van der Waals surface area contributed by atoms with Crippen molar-refractivity contribution in [2.45, 2.75) is 32.4 Å². The van der Waals surface area contributed by atoms with Gasteiger partial charge in [-0.15, -0.1) is 0 Å². The minimum atomic E-state index is -0.902. The summed E-state index contributed by atoms with van der Waals surface area (Å²) in [5.41, 5.74) is 2.91. The number of carbonyl (C=O) groups is 1. The van der Waals surface area contributed by atoms with Crippen molar-refractivity contribution in [3.63, 3.8) is 0 Å². The van der Waals surface area contributed by atoms with Gasteiger partial charge in [0.2, 0.25) is 0 Å². The first-order chi connectivity index (χ1) is 13.8. The predicted octanol–water partition coefficient (Wildman–Crippen LogP) is 6.54. The van der Waals surface area contributed by atoms with Crippen LogP contribution in [0.1, 0.15) is 43.5 Å². The number of allylic oxidation sites excluding steroid dienone is 1. The number of amidine groups is 1. The molecule has 2 aromatic rings. The average Bonchev–Trinajstić information content (AvgIpc) is 3.20. The minimum Gasteiger partial charge on any atom is -0.477 e. The van der Waals surface area contributed by atoms with Crippen molar-refractivity contribution in [2.24, 2.45) is 10.9 Å². The third kappa shape index (κ3) is 3.91. The third-order valence-corrected chi connectivity index (χ3v) is 6.60. The fraction of sp³-hybridized carbons (Fsp3) is 0.273. The summed E-state index contributed by atoms with van der Waals surface area (Å²) in [5.74, 6) is -0.583. The zero-order valence-electron chi connectivity index (χ0n) is 16.0. The van der Waals surface area contributed by atoms with Gasteiger partial charge in [0.25, 0.3) is 0 Å². The summed E-state index contributed by atoms with van der Waals surface area (Å²) in [6.07, 6.45) is 0.672. The standard InChI is InChI=1S/C22H20Cl2N2O2S/c1-12(2)11-17-20(21(27)28)29-22-25-18(13-3-7-15(23)8-4-13)19(26(17)22)14-5-9-16(24)10-6-14/h3-10,12,18-19H,11H2,1-2H3,(H,27,28). The lowest BCUT2D eigenvalue weighted by Gasteiger charge is -2.30. The normalized spacial score (nSPS) is 21.0. The van der Waals surface area contributed by atoms with E-state index >= 15 is 0 Å². The maximum atomic E-state index is 11.9. The van der Waals surface area contributed by atoms with Gasteiger partial charge in [-0.2, -0.15) is 0 Å². The van der Waals surface area contributed by atoms with Crippen LogP contribution in [0.15, 0.2) is 64.1 Å². The van der Waals surface area contributed by atoms with Crippen LogP contribution < -0.4 is 0 Å². The van der Waals surface area contributed by atoms with Crippen LogP contribution in [-0.2, 0) is 4.79 Å². The highest BCUT2D eigenvalue weighted by Gasteiger charge is 2.46. The molecule has 0 bridgehead atoms. The summed E-state index contributed by atoms with van der Waals surface area (Å²) in [6.45, 7) is 4.19. The molecule has 0 radical (unpaired) electrons. The molecule has 0 aliphatic carbocycles. The Hall–Kier alpha value is -1.95. The fourth-order valence-electron chi connectivity index (χ4n) is 3.78. The molecule has 2 aliphatic rings. The maximum absolute atomic E-state index is 11.9. The summed E-state index contributed by atoms with van der Waals surface area (Å²) < 4.78 is 0. The molecule has 2 atom stereocenters. The van der Waals surface area contributed by atoms with Crippen molar-refractivity contribution in [3.8, 4) is 0 Å². The lowest BCUT2D eigenvalue weighted by atomic mass is 9.92. The molecule has 0 aromatic heterocycles. The zero-order valence-corrected chi connectivity index (χ0v) is 18.3. The number of aliphatic carboxylic acids is 1. The van der Waals surface area contributed by atoms with Gasteiger partial charge in [-0.05, 0) is 59.5 Å². The number of rotatable bonds is 5. The molecule has 2 aromatic carbocycles. The van der Waals surface area contributed by atoms with Crippen LogP contribution in [0.5, 0.6) is 0 Å². The molecule has 0 spiro atoms. The van der Waals surface area contributed by atoms with Crippen LogP contribution in [0.2, 0.25) is 10.0 Å². The third-order valence-electron chi connectivity index (χ3n) is 5.00. The molecule has 0 saturated heterocycles. The maximum Gasteiger partial charge on any atom is 0.344 e. The van der Waals surface area contributed by atoms with Gasteiger partial charge in [0.05, 0.1) is 6.04 Å². The Balaban J connectivity index is 1.83. The van der Waals surface area contributed by atoms with Crippen LogP contribution in [0, 0.1) is 5.92 Å². The van der Waals surface area contributed by atoms with E-state index in [1.165, 1.54) is 11.8 Å². The topological polar surface area (TPSA) is 52.9 Å². The van der Waals surface area contributed by atoms with E-state index in [0.29, 0.717) is 27.3 Å². The zero-order chi connectivity index (χ0) is 20.7. The van der Waals surface area contributed by atoms with Gasteiger partial charge in [0.1, 0.15) is 10.9 Å². The second kappa shape index (κ2) is 8.05. The number of hydrogen-bond acceptors (Lipinski definition) is 4. The molecular weight excluding hydrogens is 427 g/mol. The highest BCUT2D eigenvalue weighted by molar-refractivity contribution is 8.18. The van der Waals surface area contributed by atoms with E-state index < -0.39 is 5.97 Å². The molecule has 1 N–H and O–H groups in total. The number of fused-ring (bicyclic) bond motifs is 1. The monoisotopic (exact) mass is 446 g/mol. The highest BCUT2D eigenvalue weighted by atomic mass is 35.5. The molecule has 0 amide bonds. The summed E-state index contributed by atoms with van der Waals surface area (Å²) in [5, 5.41) is 11.8. The molecule has 4 nitrogen and oxygen atoms in total. The molecular formula is C22H20Cl2N2O2S. The number of halogens is 2. The highest BCUT2D eigenvalue weighted by Crippen LogP contribution is 2.52.